The molecule has 3 heterocycles. The minimum Gasteiger partial charge on any atom is -0.310 e. The lowest BCUT2D eigenvalue weighted by molar-refractivity contribution is 0.194. The number of hydrogen-bond donors (Lipinski definition) is 1. The highest BCUT2D eigenvalue weighted by molar-refractivity contribution is 7.15. The van der Waals surface area contributed by atoms with Gasteiger partial charge in [-0.1, -0.05) is 23.7 Å². The summed E-state index contributed by atoms with van der Waals surface area (Å²) < 4.78 is 16.0. The Balaban J connectivity index is 1.49. The van der Waals surface area contributed by atoms with Gasteiger partial charge in [-0.05, 0) is 85.3 Å². The van der Waals surface area contributed by atoms with Gasteiger partial charge in [-0.3, -0.25) is 0 Å². The Morgan fingerprint density at radius 3 is 2.56 bits per heavy atom. The van der Waals surface area contributed by atoms with Crippen LogP contribution in [0.4, 0.5) is 14.9 Å². The number of fused-ring (bicyclic) bond motifs is 5. The third kappa shape index (κ3) is 3.71. The van der Waals surface area contributed by atoms with Gasteiger partial charge in [0.1, 0.15) is 10.8 Å². The first-order valence-electron chi connectivity index (χ1n) is 11.5. The lowest BCUT2D eigenvalue weighted by atomic mass is 9.95. The third-order valence-electron chi connectivity index (χ3n) is 6.72. The zero-order valence-corrected chi connectivity index (χ0v) is 20.0. The predicted octanol–water partition coefficient (Wildman–Crippen LogP) is 7.35. The van der Waals surface area contributed by atoms with Crippen LogP contribution in [0.2, 0.25) is 5.02 Å². The first-order valence-corrected chi connectivity index (χ1v) is 12.7. The van der Waals surface area contributed by atoms with Crippen molar-refractivity contribution in [2.45, 2.75) is 38.3 Å². The molecular weight excluding hydrogens is 469 g/mol. The Labute approximate surface area is 206 Å². The lowest BCUT2D eigenvalue weighted by Crippen LogP contribution is -2.38. The van der Waals surface area contributed by atoms with Crippen LogP contribution in [0.15, 0.2) is 66.9 Å². The van der Waals surface area contributed by atoms with E-state index in [1.54, 1.807) is 36.4 Å². The van der Waals surface area contributed by atoms with Crippen LogP contribution < -0.4 is 5.32 Å². The van der Waals surface area contributed by atoms with Gasteiger partial charge < -0.3 is 14.8 Å². The first kappa shape index (κ1) is 21.4. The molecule has 0 saturated carbocycles. The molecule has 2 amide bonds. The number of hydrogen-bond acceptors (Lipinski definition) is 2. The highest BCUT2D eigenvalue weighted by atomic mass is 35.5. The molecule has 1 aliphatic carbocycles. The molecule has 0 unspecified atom stereocenters. The van der Waals surface area contributed by atoms with Crippen LogP contribution in [-0.2, 0) is 19.4 Å². The number of nitrogens with one attached hydrogen (secondary N) is 1. The molecule has 7 heteroatoms. The molecule has 0 spiro atoms. The Kier molecular flexibility index (Phi) is 5.42. The summed E-state index contributed by atoms with van der Waals surface area (Å²) in [5.41, 5.74) is 5.18. The van der Waals surface area contributed by atoms with Gasteiger partial charge in [-0.2, -0.15) is 0 Å². The van der Waals surface area contributed by atoms with Crippen molar-refractivity contribution in [3.05, 3.63) is 105 Å². The van der Waals surface area contributed by atoms with Crippen LogP contribution in [0.1, 0.15) is 46.1 Å². The summed E-state index contributed by atoms with van der Waals surface area (Å²) in [5, 5.41) is 4.86. The van der Waals surface area contributed by atoms with Crippen molar-refractivity contribution in [3.63, 3.8) is 0 Å². The van der Waals surface area contributed by atoms with Gasteiger partial charge in [0, 0.05) is 27.3 Å². The van der Waals surface area contributed by atoms with Crippen LogP contribution in [0.25, 0.3) is 5.00 Å². The fraction of sp³-hybridized carbons (Fsp3) is 0.222. The molecule has 1 N–H and O–H groups in total. The van der Waals surface area contributed by atoms with Crippen molar-refractivity contribution in [1.82, 2.24) is 9.47 Å². The van der Waals surface area contributed by atoms with Gasteiger partial charge in [-0.15, -0.1) is 11.3 Å². The Morgan fingerprint density at radius 2 is 1.76 bits per heavy atom. The molecule has 1 atom stereocenters. The molecule has 2 aromatic carbocycles. The van der Waals surface area contributed by atoms with Gasteiger partial charge in [0.15, 0.2) is 0 Å². The van der Waals surface area contributed by atoms with E-state index in [0.29, 0.717) is 17.3 Å². The molecule has 0 fully saturated rings. The number of carbonyl (C=O) groups is 1. The fourth-order valence-electron chi connectivity index (χ4n) is 5.11. The minimum atomic E-state index is -0.359. The average Bonchev–Trinajstić information content (AvgIpc) is 3.43. The van der Waals surface area contributed by atoms with E-state index in [-0.39, 0.29) is 17.9 Å². The first-order chi connectivity index (χ1) is 16.6. The Morgan fingerprint density at radius 1 is 1.00 bits per heavy atom. The Bertz CT molecular complexity index is 1360. The number of halogens is 2. The van der Waals surface area contributed by atoms with E-state index < -0.39 is 0 Å². The standard InChI is InChI=1S/C27H23ClFN3OS/c28-18-9-13-20(14-10-18)30-27(33)32-16-22-21-4-1-2-6-24(21)34-26(22)31-15-3-5-23(31)25(32)17-7-11-19(29)12-8-17/h3,5,7-15,25H,1-2,4,6,16H2,(H,30,33)/t25-/m1/s1. The van der Waals surface area contributed by atoms with Crippen LogP contribution in [0.3, 0.4) is 0 Å². The molecule has 6 rings (SSSR count). The number of nitrogens with zero attached hydrogens (tertiary/aromatic N) is 2. The second kappa shape index (κ2) is 8.60. The predicted molar refractivity (Wildman–Crippen MR) is 135 cm³/mol. The summed E-state index contributed by atoms with van der Waals surface area (Å²) in [6, 6.07) is 17.1. The maximum atomic E-state index is 13.8. The van der Waals surface area contributed by atoms with E-state index in [0.717, 1.165) is 24.1 Å². The zero-order chi connectivity index (χ0) is 23.2. The number of carbonyl (C=O) groups excluding carboxylic acids is 1. The van der Waals surface area contributed by atoms with E-state index >= 15 is 0 Å². The van der Waals surface area contributed by atoms with Crippen LogP contribution >= 0.6 is 22.9 Å². The molecule has 34 heavy (non-hydrogen) atoms. The topological polar surface area (TPSA) is 37.3 Å². The zero-order valence-electron chi connectivity index (χ0n) is 18.4. The summed E-state index contributed by atoms with van der Waals surface area (Å²) >= 11 is 7.88. The van der Waals surface area contributed by atoms with Crippen LogP contribution in [-0.4, -0.2) is 15.5 Å². The maximum absolute atomic E-state index is 13.8. The number of aryl methyl sites for hydroxylation is 1. The molecule has 2 aliphatic rings. The summed E-state index contributed by atoms with van der Waals surface area (Å²) in [7, 11) is 0. The highest BCUT2D eigenvalue weighted by Crippen LogP contribution is 2.44. The fourth-order valence-corrected chi connectivity index (χ4v) is 6.64. The number of amides is 2. The van der Waals surface area contributed by atoms with Crippen molar-refractivity contribution in [2.75, 3.05) is 5.32 Å². The van der Waals surface area contributed by atoms with Crippen LogP contribution in [0, 0.1) is 5.82 Å². The molecule has 1 aliphatic heterocycles. The summed E-state index contributed by atoms with van der Waals surface area (Å²) in [6.45, 7) is 0.490. The SMILES string of the molecule is O=C(Nc1ccc(Cl)cc1)N1Cc2c(sc3c2CCCC3)-n2cccc2[C@H]1c1ccc(F)cc1. The molecule has 4 nitrogen and oxygen atoms in total. The van der Waals surface area contributed by atoms with Gasteiger partial charge in [0.05, 0.1) is 18.3 Å². The molecule has 0 saturated heterocycles. The normalized spacial score (nSPS) is 16.9. The molecule has 172 valence electrons. The average molecular weight is 492 g/mol. The van der Waals surface area contributed by atoms with Crippen LogP contribution in [0.5, 0.6) is 0 Å². The molecule has 0 bridgehead atoms. The van der Waals surface area contributed by atoms with Gasteiger partial charge in [0.25, 0.3) is 0 Å². The minimum absolute atomic E-state index is 0.201. The third-order valence-corrected chi connectivity index (χ3v) is 8.31. The summed E-state index contributed by atoms with van der Waals surface area (Å²) in [6.07, 6.45) is 6.61. The molecule has 0 radical (unpaired) electrons. The highest BCUT2D eigenvalue weighted by Gasteiger charge is 2.36. The number of rotatable bonds is 2. The molecule has 4 aromatic rings. The number of urea groups is 1. The van der Waals surface area contributed by atoms with Gasteiger partial charge >= 0.3 is 6.03 Å². The van der Waals surface area contributed by atoms with E-state index in [1.165, 1.54) is 46.0 Å². The smallest absolute Gasteiger partial charge is 0.310 e. The van der Waals surface area contributed by atoms with Crippen molar-refractivity contribution in [1.29, 1.82) is 0 Å². The van der Waals surface area contributed by atoms with Gasteiger partial charge in [-0.25, -0.2) is 9.18 Å². The number of anilines is 1. The Hall–Kier alpha value is -3.09. The van der Waals surface area contributed by atoms with Crippen molar-refractivity contribution in [2.24, 2.45) is 0 Å². The second-order valence-corrected chi connectivity index (χ2v) is 10.3. The second-order valence-electron chi connectivity index (χ2n) is 8.82. The van der Waals surface area contributed by atoms with E-state index in [9.17, 15) is 9.18 Å². The van der Waals surface area contributed by atoms with E-state index in [1.807, 2.05) is 22.3 Å². The van der Waals surface area contributed by atoms with Crippen molar-refractivity contribution < 1.29 is 9.18 Å². The van der Waals surface area contributed by atoms with Crippen molar-refractivity contribution in [3.8, 4) is 5.00 Å². The maximum Gasteiger partial charge on any atom is 0.322 e. The largest absolute Gasteiger partial charge is 0.322 e. The summed E-state index contributed by atoms with van der Waals surface area (Å²) in [5.74, 6) is -0.293. The van der Waals surface area contributed by atoms with E-state index in [4.69, 9.17) is 11.6 Å². The lowest BCUT2D eigenvalue weighted by Gasteiger charge is -2.31. The van der Waals surface area contributed by atoms with E-state index in [2.05, 4.69) is 22.1 Å². The van der Waals surface area contributed by atoms with Crippen molar-refractivity contribution >= 4 is 34.7 Å². The quantitative estimate of drug-likeness (QED) is 0.313. The molecule has 2 aromatic heterocycles. The summed E-state index contributed by atoms with van der Waals surface area (Å²) in [4.78, 5) is 17.1. The van der Waals surface area contributed by atoms with Gasteiger partial charge in [0.2, 0.25) is 0 Å². The monoisotopic (exact) mass is 491 g/mol. The number of aromatic nitrogens is 1. The number of benzene rings is 2. The molecular formula is C27H23ClFN3OS. The number of thiophene rings is 1.